The van der Waals surface area contributed by atoms with Gasteiger partial charge in [-0.1, -0.05) is 263 Å². The molecule has 0 aromatic heterocycles. The van der Waals surface area contributed by atoms with Crippen LogP contribution in [0.2, 0.25) is 0 Å². The van der Waals surface area contributed by atoms with Crippen molar-refractivity contribution in [2.75, 3.05) is 26.4 Å². The zero-order valence-corrected chi connectivity index (χ0v) is 68.2. The average Bonchev–Trinajstić information content (AvgIpc) is 1.68. The molecule has 8 aromatic carbocycles. The summed E-state index contributed by atoms with van der Waals surface area (Å²) < 4.78 is 135. The van der Waals surface area contributed by atoms with E-state index >= 15 is 9.59 Å². The van der Waals surface area contributed by atoms with Gasteiger partial charge in [0.05, 0.1) is 70.1 Å². The summed E-state index contributed by atoms with van der Waals surface area (Å²) >= 11 is 0. The lowest BCUT2D eigenvalue weighted by molar-refractivity contribution is -0.422. The molecule has 8 aromatic rings. The molecule has 0 N–H and O–H groups in total. The largest absolute Gasteiger partial charge is 0.463 e. The third-order valence-electron chi connectivity index (χ3n) is 21.9. The summed E-state index contributed by atoms with van der Waals surface area (Å²) in [5.41, 5.74) is 5.63. The smallest absolute Gasteiger partial charge is 0.303 e. The molecule has 636 valence electrons. The van der Waals surface area contributed by atoms with E-state index in [0.29, 0.717) is 17.5 Å². The molecule has 6 heterocycles. The standard InChI is InChI=1S/C95H107NO24/c1-6-7-8-9-10-34-51-103-93-88(120-94-86(108-56-69-43-26-15-27-44-69)83(107-55-68-41-24-14-25-42-68)78(61(2)111-94)105-53-66-37-20-12-21-38-66)85(81-76(115-93)60-110-91(117-81)71-47-30-17-31-48-71)119-95-87(109-57-70-45-28-16-29-46-70)84(79(106-54-67-39-22-13-23-40-67)74(116-95)58-102-52-65-35-18-11-19-36-65)118-92-77(96-89(100)72-49-32-33-50-73(72)90(96)101)82(113-64(5)99)80(112-63(4)98)75(114-92)59-104-62(3)97/h11-33,35-50,61,74-88,91-95H,6-10,34,51-60H2,1-5H3/t61-,74+,75+,76+,77+,78+,79-,80-,81-,82+,83+,84-,85-,86-,87+,88+,91?,92-,93+,94+,95+/m0/s1. The molecule has 120 heavy (non-hydrogen) atoms. The highest BCUT2D eigenvalue weighted by atomic mass is 16.8. The van der Waals surface area contributed by atoms with Crippen molar-refractivity contribution in [1.82, 2.24) is 4.90 Å². The summed E-state index contributed by atoms with van der Waals surface area (Å²) in [6.07, 6.45) is -20.5. The van der Waals surface area contributed by atoms with E-state index < -0.39 is 165 Å². The first-order valence-electron chi connectivity index (χ1n) is 41.6. The van der Waals surface area contributed by atoms with Gasteiger partial charge in [0.25, 0.3) is 11.8 Å². The number of imide groups is 1. The van der Waals surface area contributed by atoms with Gasteiger partial charge in [-0.15, -0.1) is 0 Å². The Kier molecular flexibility index (Phi) is 31.5. The fourth-order valence-corrected chi connectivity index (χ4v) is 16.1. The van der Waals surface area contributed by atoms with E-state index in [4.69, 9.17) is 90.0 Å². The van der Waals surface area contributed by atoms with Crippen molar-refractivity contribution in [3.63, 3.8) is 0 Å². The Bertz CT molecular complexity index is 4450. The number of fused-ring (bicyclic) bond motifs is 2. The number of benzene rings is 8. The third kappa shape index (κ3) is 22.7. The van der Waals surface area contributed by atoms with Crippen molar-refractivity contribution in [2.24, 2.45) is 0 Å². The van der Waals surface area contributed by atoms with Crippen molar-refractivity contribution < 1.29 is 114 Å². The Morgan fingerprint density at radius 1 is 0.375 bits per heavy atom. The molecule has 6 aliphatic heterocycles. The molecule has 25 nitrogen and oxygen atoms in total. The maximum Gasteiger partial charge on any atom is 0.303 e. The summed E-state index contributed by atoms with van der Waals surface area (Å²) in [6, 6.07) is 71.7. The van der Waals surface area contributed by atoms with Crippen molar-refractivity contribution in [2.45, 2.75) is 242 Å². The second-order valence-electron chi connectivity index (χ2n) is 30.7. The number of esters is 3. The molecule has 2 amide bonds. The second kappa shape index (κ2) is 43.4. The van der Waals surface area contributed by atoms with Crippen LogP contribution in [0.4, 0.5) is 0 Å². The average molecular weight is 1650 g/mol. The molecule has 6 aliphatic rings. The lowest BCUT2D eigenvalue weighted by Crippen LogP contribution is -2.71. The Hall–Kier alpha value is -9.33. The lowest BCUT2D eigenvalue weighted by atomic mass is 9.93. The van der Waals surface area contributed by atoms with E-state index in [-0.39, 0.29) is 70.6 Å². The number of nitrogens with zero attached hydrogens (tertiary/aromatic N) is 1. The van der Waals surface area contributed by atoms with Crippen LogP contribution >= 0.6 is 0 Å². The Morgan fingerprint density at radius 3 is 1.32 bits per heavy atom. The number of amides is 2. The van der Waals surface area contributed by atoms with Crippen molar-refractivity contribution >= 4 is 29.7 Å². The predicted octanol–water partition coefficient (Wildman–Crippen LogP) is 13.8. The minimum absolute atomic E-state index is 0.0106. The van der Waals surface area contributed by atoms with E-state index in [9.17, 15) is 14.4 Å². The highest BCUT2D eigenvalue weighted by Gasteiger charge is 2.62. The number of unbranched alkanes of at least 4 members (excludes halogenated alkanes) is 5. The summed E-state index contributed by atoms with van der Waals surface area (Å²) in [6.45, 7) is 7.12. The molecular formula is C95H107NO24. The zero-order chi connectivity index (χ0) is 83.1. The van der Waals surface area contributed by atoms with Crippen LogP contribution < -0.4 is 0 Å². The van der Waals surface area contributed by atoms with Gasteiger partial charge in [0.15, 0.2) is 43.7 Å². The molecule has 25 heteroatoms. The van der Waals surface area contributed by atoms with E-state index in [1.165, 1.54) is 19.1 Å². The van der Waals surface area contributed by atoms with Crippen molar-refractivity contribution in [3.05, 3.63) is 287 Å². The summed E-state index contributed by atoms with van der Waals surface area (Å²) in [5, 5.41) is 0. The number of carbonyl (C=O) groups excluding carboxylic acids is 5. The normalized spacial score (nSPS) is 28.5. The predicted molar refractivity (Wildman–Crippen MR) is 434 cm³/mol. The number of hydrogen-bond acceptors (Lipinski definition) is 24. The van der Waals surface area contributed by atoms with Crippen LogP contribution in [-0.4, -0.2) is 184 Å². The number of hydrogen-bond donors (Lipinski definition) is 0. The summed E-state index contributed by atoms with van der Waals surface area (Å²) in [4.78, 5) is 72.2. The fraction of sp³-hybridized carbons (Fsp3) is 0.442. The highest BCUT2D eigenvalue weighted by molar-refractivity contribution is 6.21. The maximum atomic E-state index is 15.4. The summed E-state index contributed by atoms with van der Waals surface area (Å²) in [7, 11) is 0. The van der Waals surface area contributed by atoms with Gasteiger partial charge in [0.1, 0.15) is 85.9 Å². The van der Waals surface area contributed by atoms with Gasteiger partial charge in [0, 0.05) is 32.9 Å². The van der Waals surface area contributed by atoms with Gasteiger partial charge in [0.2, 0.25) is 0 Å². The molecular weight excluding hydrogens is 1540 g/mol. The molecule has 0 spiro atoms. The third-order valence-corrected chi connectivity index (χ3v) is 21.9. The van der Waals surface area contributed by atoms with Gasteiger partial charge in [-0.05, 0) is 58.9 Å². The van der Waals surface area contributed by atoms with Gasteiger partial charge in [-0.2, -0.15) is 0 Å². The van der Waals surface area contributed by atoms with Crippen LogP contribution in [-0.2, 0) is 144 Å². The molecule has 14 rings (SSSR count). The topological polar surface area (TPSA) is 264 Å². The number of rotatable bonds is 39. The second-order valence-corrected chi connectivity index (χ2v) is 30.7. The Labute approximate surface area is 700 Å². The van der Waals surface area contributed by atoms with Crippen LogP contribution in [0.15, 0.2) is 237 Å². The quantitative estimate of drug-likeness (QED) is 0.0150. The monoisotopic (exact) mass is 1650 g/mol. The molecule has 5 saturated heterocycles. The highest BCUT2D eigenvalue weighted by Crippen LogP contribution is 2.45. The van der Waals surface area contributed by atoms with Gasteiger partial charge < -0.3 is 90.0 Å². The molecule has 5 fully saturated rings. The minimum atomic E-state index is -1.94. The molecule has 0 bridgehead atoms. The van der Waals surface area contributed by atoms with Crippen LogP contribution in [0.1, 0.15) is 139 Å². The molecule has 0 radical (unpaired) electrons. The maximum absolute atomic E-state index is 15.4. The molecule has 0 aliphatic carbocycles. The number of ether oxygens (including phenoxy) is 19. The van der Waals surface area contributed by atoms with E-state index in [1.807, 2.05) is 219 Å². The SMILES string of the molecule is CCCCCCCCO[C@@H]1O[C@@H]2COC(c3ccccc3)O[C@@H]2[C@H](O[C@H]2O[C@H](COCc3ccccc3)[C@H](OCc3ccccc3)[C@H](O[C@@H]3O[C@H](COC(C)=O)[C@H](OC(C)=O)[C@H](OC(C)=O)[C@H]3N3C(=O)c4ccccc4C3=O)[C@H]2OCc2ccccc2)[C@H]1O[C@H]1O[C@@H](C)[C@@H](OCc2ccccc2)[C@@H](OCc2ccccc2)[C@@H]1OCc1ccccc1. The molecule has 21 atom stereocenters. The van der Waals surface area contributed by atoms with Crippen LogP contribution in [0.3, 0.4) is 0 Å². The van der Waals surface area contributed by atoms with Gasteiger partial charge in [-0.25, -0.2) is 0 Å². The van der Waals surface area contributed by atoms with Gasteiger partial charge in [-0.3, -0.25) is 28.9 Å². The Balaban J connectivity index is 0.941. The number of carbonyl (C=O) groups is 5. The van der Waals surface area contributed by atoms with Crippen LogP contribution in [0, 0.1) is 0 Å². The molecule has 1 unspecified atom stereocenters. The van der Waals surface area contributed by atoms with E-state index in [0.717, 1.165) is 78.7 Å². The van der Waals surface area contributed by atoms with Crippen LogP contribution in [0.5, 0.6) is 0 Å². The summed E-state index contributed by atoms with van der Waals surface area (Å²) in [5.74, 6) is -4.18. The lowest BCUT2D eigenvalue weighted by Gasteiger charge is -2.54. The van der Waals surface area contributed by atoms with Crippen molar-refractivity contribution in [3.8, 4) is 0 Å². The fourth-order valence-electron chi connectivity index (χ4n) is 16.1. The molecule has 0 saturated carbocycles. The Morgan fingerprint density at radius 2 is 0.800 bits per heavy atom. The minimum Gasteiger partial charge on any atom is -0.463 e. The first-order chi connectivity index (χ1) is 58.7. The van der Waals surface area contributed by atoms with Crippen LogP contribution in [0.25, 0.3) is 0 Å². The zero-order valence-electron chi connectivity index (χ0n) is 68.2. The van der Waals surface area contributed by atoms with Crippen molar-refractivity contribution in [1.29, 1.82) is 0 Å². The van der Waals surface area contributed by atoms with Gasteiger partial charge >= 0.3 is 17.9 Å². The first kappa shape index (κ1) is 87.0. The van der Waals surface area contributed by atoms with E-state index in [1.54, 1.807) is 12.1 Å². The van der Waals surface area contributed by atoms with E-state index in [2.05, 4.69) is 6.92 Å². The first-order valence-corrected chi connectivity index (χ1v) is 41.6.